The Bertz CT molecular complexity index is 729. The molecule has 0 aliphatic carbocycles. The molecule has 3 nitrogen and oxygen atoms in total. The fraction of sp³-hybridized carbons (Fsp3) is 0.409. The summed E-state index contributed by atoms with van der Waals surface area (Å²) in [6.45, 7) is 9.10. The summed E-state index contributed by atoms with van der Waals surface area (Å²) in [5.74, 6) is 0.311. The normalized spacial score (nSPS) is 11.4. The van der Waals surface area contributed by atoms with Gasteiger partial charge in [-0.2, -0.15) is 0 Å². The minimum Gasteiger partial charge on any atom is -0.324 e. The highest BCUT2D eigenvalue weighted by atomic mass is 19.1. The Hall–Kier alpha value is -2.20. The van der Waals surface area contributed by atoms with Crippen molar-refractivity contribution in [3.63, 3.8) is 0 Å². The van der Waals surface area contributed by atoms with Gasteiger partial charge in [0.15, 0.2) is 0 Å². The summed E-state index contributed by atoms with van der Waals surface area (Å²) in [5, 5.41) is 3.10. The minimum absolute atomic E-state index is 0.0844. The first-order valence-electron chi connectivity index (χ1n) is 9.14. The molecular weight excluding hydrogens is 327 g/mol. The molecule has 140 valence electrons. The van der Waals surface area contributed by atoms with Crippen LogP contribution in [0.25, 0.3) is 0 Å². The lowest BCUT2D eigenvalue weighted by atomic mass is 9.92. The lowest BCUT2D eigenvalue weighted by Crippen LogP contribution is -2.30. The Balaban J connectivity index is 2.11. The van der Waals surface area contributed by atoms with Crippen LogP contribution < -0.4 is 5.32 Å². The highest BCUT2D eigenvalue weighted by Gasteiger charge is 2.17. The zero-order chi connectivity index (χ0) is 19.3. The van der Waals surface area contributed by atoms with Crippen LogP contribution in [0.5, 0.6) is 0 Å². The third-order valence-corrected chi connectivity index (χ3v) is 4.45. The molecule has 0 atom stereocenters. The molecule has 0 aromatic heterocycles. The van der Waals surface area contributed by atoms with Crippen molar-refractivity contribution in [3.8, 4) is 0 Å². The summed E-state index contributed by atoms with van der Waals surface area (Å²) < 4.78 is 13.8. The standard InChI is InChI=1S/C22H29FN2O/c1-15(2)18-10-8-11-19(16(3)4)22(18)24-21(26)14-25(5)13-17-9-6-7-12-20(17)23/h6-12,15-16H,13-14H2,1-5H3,(H,24,26). The SMILES string of the molecule is CC(C)c1cccc(C(C)C)c1NC(=O)CN(C)Cc1ccccc1F. The van der Waals surface area contributed by atoms with Gasteiger partial charge >= 0.3 is 0 Å². The molecule has 0 bridgehead atoms. The number of carbonyl (C=O) groups excluding carboxylic acids is 1. The maximum Gasteiger partial charge on any atom is 0.238 e. The van der Waals surface area contributed by atoms with Gasteiger partial charge in [0.25, 0.3) is 0 Å². The second-order valence-electron chi connectivity index (χ2n) is 7.43. The maximum atomic E-state index is 13.8. The molecule has 0 fully saturated rings. The van der Waals surface area contributed by atoms with Gasteiger partial charge in [-0.3, -0.25) is 9.69 Å². The fourth-order valence-corrected chi connectivity index (χ4v) is 3.09. The smallest absolute Gasteiger partial charge is 0.238 e. The first-order chi connectivity index (χ1) is 12.3. The minimum atomic E-state index is -0.244. The van der Waals surface area contributed by atoms with Crippen LogP contribution in [0.2, 0.25) is 0 Å². The second-order valence-corrected chi connectivity index (χ2v) is 7.43. The van der Waals surface area contributed by atoms with Crippen LogP contribution >= 0.6 is 0 Å². The molecule has 0 spiro atoms. The third kappa shape index (κ3) is 5.15. The Morgan fingerprint density at radius 3 is 2.12 bits per heavy atom. The summed E-state index contributed by atoms with van der Waals surface area (Å²) in [4.78, 5) is 14.4. The average Bonchev–Trinajstić information content (AvgIpc) is 2.56. The molecule has 1 N–H and O–H groups in total. The van der Waals surface area contributed by atoms with E-state index in [-0.39, 0.29) is 18.3 Å². The quantitative estimate of drug-likeness (QED) is 0.745. The van der Waals surface area contributed by atoms with Crippen molar-refractivity contribution >= 4 is 11.6 Å². The number of carbonyl (C=O) groups is 1. The number of hydrogen-bond acceptors (Lipinski definition) is 2. The molecule has 1 amide bonds. The van der Waals surface area contributed by atoms with Crippen molar-refractivity contribution in [3.05, 3.63) is 65.0 Å². The molecule has 2 rings (SSSR count). The lowest BCUT2D eigenvalue weighted by molar-refractivity contribution is -0.117. The summed E-state index contributed by atoms with van der Waals surface area (Å²) in [6.07, 6.45) is 0. The molecule has 4 heteroatoms. The average molecular weight is 356 g/mol. The van der Waals surface area contributed by atoms with Gasteiger partial charge in [0.2, 0.25) is 5.91 Å². The zero-order valence-electron chi connectivity index (χ0n) is 16.3. The predicted molar refractivity (Wildman–Crippen MR) is 106 cm³/mol. The van der Waals surface area contributed by atoms with E-state index in [1.54, 1.807) is 18.2 Å². The van der Waals surface area contributed by atoms with E-state index in [2.05, 4.69) is 45.1 Å². The van der Waals surface area contributed by atoms with Crippen LogP contribution in [0.4, 0.5) is 10.1 Å². The lowest BCUT2D eigenvalue weighted by Gasteiger charge is -2.22. The first kappa shape index (κ1) is 20.1. The molecule has 26 heavy (non-hydrogen) atoms. The van der Waals surface area contributed by atoms with Crippen molar-refractivity contribution in [2.75, 3.05) is 18.9 Å². The summed E-state index contributed by atoms with van der Waals surface area (Å²) >= 11 is 0. The molecule has 0 unspecified atom stereocenters. The molecule has 2 aromatic rings. The molecule has 0 heterocycles. The number of likely N-dealkylation sites (N-methyl/N-ethyl adjacent to an activating group) is 1. The van der Waals surface area contributed by atoms with Crippen molar-refractivity contribution in [2.45, 2.75) is 46.1 Å². The van der Waals surface area contributed by atoms with Crippen LogP contribution in [0.15, 0.2) is 42.5 Å². The molecule has 0 radical (unpaired) electrons. The fourth-order valence-electron chi connectivity index (χ4n) is 3.09. The zero-order valence-corrected chi connectivity index (χ0v) is 16.3. The number of benzene rings is 2. The summed E-state index contributed by atoms with van der Waals surface area (Å²) in [7, 11) is 1.82. The first-order valence-corrected chi connectivity index (χ1v) is 9.14. The highest BCUT2D eigenvalue weighted by Crippen LogP contribution is 2.32. The van der Waals surface area contributed by atoms with E-state index in [4.69, 9.17) is 0 Å². The number of hydrogen-bond donors (Lipinski definition) is 1. The molecule has 0 saturated heterocycles. The number of nitrogens with zero attached hydrogens (tertiary/aromatic N) is 1. The van der Waals surface area contributed by atoms with Gasteiger partial charge in [0, 0.05) is 17.8 Å². The number of para-hydroxylation sites is 1. The topological polar surface area (TPSA) is 32.3 Å². The van der Waals surface area contributed by atoms with Crippen LogP contribution in [-0.4, -0.2) is 24.4 Å². The van der Waals surface area contributed by atoms with Gasteiger partial charge in [0.1, 0.15) is 5.82 Å². The predicted octanol–water partition coefficient (Wildman–Crippen LogP) is 5.14. The van der Waals surface area contributed by atoms with Crippen molar-refractivity contribution < 1.29 is 9.18 Å². The van der Waals surface area contributed by atoms with Gasteiger partial charge in [-0.15, -0.1) is 0 Å². The van der Waals surface area contributed by atoms with E-state index in [0.29, 0.717) is 23.9 Å². The van der Waals surface area contributed by atoms with E-state index in [1.807, 2.05) is 18.0 Å². The molecular formula is C22H29FN2O. The van der Waals surface area contributed by atoms with E-state index >= 15 is 0 Å². The maximum absolute atomic E-state index is 13.8. The van der Waals surface area contributed by atoms with Gasteiger partial charge in [-0.1, -0.05) is 64.1 Å². The van der Waals surface area contributed by atoms with Crippen molar-refractivity contribution in [1.82, 2.24) is 4.90 Å². The van der Waals surface area contributed by atoms with E-state index in [9.17, 15) is 9.18 Å². The van der Waals surface area contributed by atoms with Crippen LogP contribution in [0, 0.1) is 5.82 Å². The Morgan fingerprint density at radius 1 is 1.00 bits per heavy atom. The van der Waals surface area contributed by atoms with Crippen molar-refractivity contribution in [2.24, 2.45) is 0 Å². The van der Waals surface area contributed by atoms with E-state index in [1.165, 1.54) is 6.07 Å². The molecule has 2 aromatic carbocycles. The largest absolute Gasteiger partial charge is 0.324 e. The Kier molecular flexibility index (Phi) is 6.92. The number of rotatable bonds is 7. The second kappa shape index (κ2) is 8.95. The monoisotopic (exact) mass is 356 g/mol. The molecule has 0 aliphatic rings. The van der Waals surface area contributed by atoms with Crippen LogP contribution in [0.3, 0.4) is 0 Å². The number of anilines is 1. The Morgan fingerprint density at radius 2 is 1.58 bits per heavy atom. The highest BCUT2D eigenvalue weighted by molar-refractivity contribution is 5.94. The number of amides is 1. The summed E-state index contributed by atoms with van der Waals surface area (Å²) in [6, 6.07) is 12.8. The number of halogens is 1. The van der Waals surface area contributed by atoms with Crippen LogP contribution in [0.1, 0.15) is 56.2 Å². The van der Waals surface area contributed by atoms with E-state index < -0.39 is 0 Å². The third-order valence-electron chi connectivity index (χ3n) is 4.45. The van der Waals surface area contributed by atoms with Gasteiger partial charge in [-0.05, 0) is 36.1 Å². The van der Waals surface area contributed by atoms with Crippen LogP contribution in [-0.2, 0) is 11.3 Å². The van der Waals surface area contributed by atoms with Gasteiger partial charge in [0.05, 0.1) is 6.54 Å². The summed E-state index contributed by atoms with van der Waals surface area (Å²) in [5.41, 5.74) is 3.79. The van der Waals surface area contributed by atoms with Crippen molar-refractivity contribution in [1.29, 1.82) is 0 Å². The molecule has 0 saturated carbocycles. The van der Waals surface area contributed by atoms with Gasteiger partial charge < -0.3 is 5.32 Å². The number of nitrogens with one attached hydrogen (secondary N) is 1. The van der Waals surface area contributed by atoms with Gasteiger partial charge in [-0.25, -0.2) is 4.39 Å². The van der Waals surface area contributed by atoms with E-state index in [0.717, 1.165) is 16.8 Å². The molecule has 0 aliphatic heterocycles. The Labute approximate surface area is 156 Å².